The summed E-state index contributed by atoms with van der Waals surface area (Å²) in [6.45, 7) is 6.15. The van der Waals surface area contributed by atoms with Crippen LogP contribution < -0.4 is 15.4 Å². The first kappa shape index (κ1) is 16.4. The molecule has 0 unspecified atom stereocenters. The van der Waals surface area contributed by atoms with Gasteiger partial charge >= 0.3 is 6.03 Å². The van der Waals surface area contributed by atoms with E-state index in [4.69, 9.17) is 4.74 Å². The van der Waals surface area contributed by atoms with Gasteiger partial charge < -0.3 is 20.5 Å². The molecular formula is C17H24N2O3. The number of hydrogen-bond donors (Lipinski definition) is 3. The van der Waals surface area contributed by atoms with Crippen LogP contribution in [0.3, 0.4) is 0 Å². The van der Waals surface area contributed by atoms with Gasteiger partial charge in [-0.3, -0.25) is 0 Å². The van der Waals surface area contributed by atoms with Gasteiger partial charge in [0.05, 0.1) is 6.10 Å². The van der Waals surface area contributed by atoms with Crippen molar-refractivity contribution in [2.75, 3.05) is 11.9 Å². The maximum atomic E-state index is 12.0. The van der Waals surface area contributed by atoms with Crippen LogP contribution in [-0.2, 0) is 0 Å². The normalized spacial score (nSPS) is 21.0. The summed E-state index contributed by atoms with van der Waals surface area (Å²) in [5.74, 6) is 0.696. The molecule has 0 spiro atoms. The molecule has 22 heavy (non-hydrogen) atoms. The molecule has 3 N–H and O–H groups in total. The van der Waals surface area contributed by atoms with Crippen molar-refractivity contribution in [3.05, 3.63) is 36.4 Å². The van der Waals surface area contributed by atoms with E-state index in [2.05, 4.69) is 17.2 Å². The van der Waals surface area contributed by atoms with Crippen molar-refractivity contribution in [3.8, 4) is 5.75 Å². The van der Waals surface area contributed by atoms with Gasteiger partial charge in [-0.25, -0.2) is 4.79 Å². The molecule has 2 rings (SSSR count). The second-order valence-electron chi connectivity index (χ2n) is 5.88. The number of hydrogen-bond acceptors (Lipinski definition) is 3. The first-order chi connectivity index (χ1) is 10.5. The van der Waals surface area contributed by atoms with Crippen LogP contribution >= 0.6 is 0 Å². The fraction of sp³-hybridized carbons (Fsp3) is 0.471. The van der Waals surface area contributed by atoms with Crippen LogP contribution in [0.25, 0.3) is 0 Å². The van der Waals surface area contributed by atoms with E-state index >= 15 is 0 Å². The van der Waals surface area contributed by atoms with Crippen LogP contribution in [0, 0.1) is 0 Å². The number of urea groups is 1. The first-order valence-electron chi connectivity index (χ1n) is 7.66. The van der Waals surface area contributed by atoms with Crippen molar-refractivity contribution in [2.45, 2.75) is 44.8 Å². The third kappa shape index (κ3) is 5.41. The number of anilines is 1. The van der Waals surface area contributed by atoms with Gasteiger partial charge in [0.1, 0.15) is 12.4 Å². The smallest absolute Gasteiger partial charge is 0.319 e. The molecule has 5 heteroatoms. The monoisotopic (exact) mass is 304 g/mol. The Morgan fingerprint density at radius 2 is 2.09 bits per heavy atom. The van der Waals surface area contributed by atoms with Crippen LogP contribution in [0.4, 0.5) is 10.5 Å². The van der Waals surface area contributed by atoms with Crippen molar-refractivity contribution < 1.29 is 14.6 Å². The number of amides is 2. The van der Waals surface area contributed by atoms with Crippen molar-refractivity contribution in [1.82, 2.24) is 5.32 Å². The lowest BCUT2D eigenvalue weighted by Gasteiger charge is -2.26. The molecule has 1 saturated carbocycles. The Morgan fingerprint density at radius 3 is 2.77 bits per heavy atom. The van der Waals surface area contributed by atoms with Gasteiger partial charge in [-0.1, -0.05) is 12.6 Å². The van der Waals surface area contributed by atoms with E-state index < -0.39 is 0 Å². The number of carbonyl (C=O) groups excluding carboxylic acids is 1. The molecule has 0 heterocycles. The summed E-state index contributed by atoms with van der Waals surface area (Å²) in [7, 11) is 0. The Hall–Kier alpha value is -2.01. The van der Waals surface area contributed by atoms with Crippen LogP contribution in [0.15, 0.2) is 36.4 Å². The first-order valence-corrected chi connectivity index (χ1v) is 7.66. The fourth-order valence-electron chi connectivity index (χ4n) is 2.44. The summed E-state index contributed by atoms with van der Waals surface area (Å²) in [6, 6.07) is 7.18. The number of aliphatic hydroxyl groups is 1. The lowest BCUT2D eigenvalue weighted by atomic mass is 9.93. The summed E-state index contributed by atoms with van der Waals surface area (Å²) in [4.78, 5) is 12.0. The zero-order valence-corrected chi connectivity index (χ0v) is 13.0. The molecule has 0 radical (unpaired) electrons. The minimum atomic E-state index is -0.224. The molecule has 1 aromatic rings. The Bertz CT molecular complexity index is 522. The summed E-state index contributed by atoms with van der Waals surface area (Å²) >= 11 is 0. The third-order valence-corrected chi connectivity index (χ3v) is 3.61. The third-order valence-electron chi connectivity index (χ3n) is 3.61. The lowest BCUT2D eigenvalue weighted by Crippen LogP contribution is -2.40. The predicted octanol–water partition coefficient (Wildman–Crippen LogP) is 3.07. The quantitative estimate of drug-likeness (QED) is 0.732. The van der Waals surface area contributed by atoms with Crippen LogP contribution in [0.5, 0.6) is 5.75 Å². The molecule has 0 saturated heterocycles. The average Bonchev–Trinajstić information content (AvgIpc) is 2.48. The minimum absolute atomic E-state index is 0.131. The molecular weight excluding hydrogens is 280 g/mol. The second-order valence-corrected chi connectivity index (χ2v) is 5.88. The maximum Gasteiger partial charge on any atom is 0.319 e. The fourth-order valence-corrected chi connectivity index (χ4v) is 2.44. The SMILES string of the molecule is C=C(C)COc1cccc(NC(=O)NC2CCC(O)CC2)c1. The largest absolute Gasteiger partial charge is 0.489 e. The summed E-state index contributed by atoms with van der Waals surface area (Å²) < 4.78 is 5.55. The maximum absolute atomic E-state index is 12.0. The molecule has 1 aliphatic carbocycles. The predicted molar refractivity (Wildman–Crippen MR) is 87.2 cm³/mol. The van der Waals surface area contributed by atoms with E-state index in [9.17, 15) is 9.90 Å². The van der Waals surface area contributed by atoms with Gasteiger partial charge in [-0.05, 0) is 50.3 Å². The van der Waals surface area contributed by atoms with Crippen LogP contribution in [-0.4, -0.2) is 29.9 Å². The highest BCUT2D eigenvalue weighted by Crippen LogP contribution is 2.20. The van der Waals surface area contributed by atoms with Gasteiger partial charge in [0.25, 0.3) is 0 Å². The number of aliphatic hydroxyl groups excluding tert-OH is 1. The summed E-state index contributed by atoms with van der Waals surface area (Å²) in [5, 5.41) is 15.2. The van der Waals surface area contributed by atoms with E-state index in [1.54, 1.807) is 6.07 Å². The second kappa shape index (κ2) is 7.84. The molecule has 1 aromatic carbocycles. The van der Waals surface area contributed by atoms with Gasteiger partial charge in [-0.15, -0.1) is 0 Å². The molecule has 2 amide bonds. The zero-order chi connectivity index (χ0) is 15.9. The Labute approximate surface area is 131 Å². The number of carbonyl (C=O) groups is 1. The topological polar surface area (TPSA) is 70.6 Å². The van der Waals surface area contributed by atoms with E-state index in [0.29, 0.717) is 18.0 Å². The Kier molecular flexibility index (Phi) is 5.83. The highest BCUT2D eigenvalue weighted by molar-refractivity contribution is 5.89. The van der Waals surface area contributed by atoms with Gasteiger partial charge in [0, 0.05) is 17.8 Å². The highest BCUT2D eigenvalue weighted by Gasteiger charge is 2.20. The average molecular weight is 304 g/mol. The molecule has 1 fully saturated rings. The van der Waals surface area contributed by atoms with E-state index in [1.165, 1.54) is 0 Å². The molecule has 120 valence electrons. The highest BCUT2D eigenvalue weighted by atomic mass is 16.5. The van der Waals surface area contributed by atoms with Gasteiger partial charge in [0.15, 0.2) is 0 Å². The van der Waals surface area contributed by atoms with Gasteiger partial charge in [0.2, 0.25) is 0 Å². The standard InChI is InChI=1S/C17H24N2O3/c1-12(2)11-22-16-5-3-4-14(10-16)19-17(21)18-13-6-8-15(20)9-7-13/h3-5,10,13,15,20H,1,6-9,11H2,2H3,(H2,18,19,21). The molecule has 0 atom stereocenters. The van der Waals surface area contributed by atoms with E-state index in [1.807, 2.05) is 25.1 Å². The molecule has 0 aliphatic heterocycles. The van der Waals surface area contributed by atoms with Crippen molar-refractivity contribution in [2.24, 2.45) is 0 Å². The van der Waals surface area contributed by atoms with Crippen LogP contribution in [0.2, 0.25) is 0 Å². The number of ether oxygens (including phenoxy) is 1. The molecule has 0 bridgehead atoms. The number of nitrogens with one attached hydrogen (secondary N) is 2. The number of benzene rings is 1. The summed E-state index contributed by atoms with van der Waals surface area (Å²) in [5.41, 5.74) is 1.63. The number of rotatable bonds is 5. The zero-order valence-electron chi connectivity index (χ0n) is 13.0. The van der Waals surface area contributed by atoms with Crippen LogP contribution in [0.1, 0.15) is 32.6 Å². The Morgan fingerprint density at radius 1 is 1.36 bits per heavy atom. The minimum Gasteiger partial charge on any atom is -0.489 e. The Balaban J connectivity index is 1.83. The van der Waals surface area contributed by atoms with Gasteiger partial charge in [-0.2, -0.15) is 0 Å². The molecule has 1 aliphatic rings. The molecule has 5 nitrogen and oxygen atoms in total. The van der Waals surface area contributed by atoms with E-state index in [-0.39, 0.29) is 18.2 Å². The van der Waals surface area contributed by atoms with E-state index in [0.717, 1.165) is 31.3 Å². The molecule has 0 aromatic heterocycles. The lowest BCUT2D eigenvalue weighted by molar-refractivity contribution is 0.118. The van der Waals surface area contributed by atoms with Crippen molar-refractivity contribution in [3.63, 3.8) is 0 Å². The van der Waals surface area contributed by atoms with Crippen molar-refractivity contribution >= 4 is 11.7 Å². The van der Waals surface area contributed by atoms with Crippen molar-refractivity contribution in [1.29, 1.82) is 0 Å². The summed E-state index contributed by atoms with van der Waals surface area (Å²) in [6.07, 6.45) is 2.90.